The average molecular weight is 1220 g/mol. The summed E-state index contributed by atoms with van der Waals surface area (Å²) in [5, 5.41) is 33.2. The van der Waals surface area contributed by atoms with Gasteiger partial charge in [0.2, 0.25) is 0 Å². The van der Waals surface area contributed by atoms with E-state index in [1.807, 2.05) is 27.7 Å². The quantitative estimate of drug-likeness (QED) is 0.173. The lowest BCUT2D eigenvalue weighted by atomic mass is 9.67. The molecular formula is C92H58N4. The van der Waals surface area contributed by atoms with Gasteiger partial charge in [-0.1, -0.05) is 222 Å². The second kappa shape index (κ2) is 17.0. The third-order valence-corrected chi connectivity index (χ3v) is 24.9. The Balaban J connectivity index is 0.902. The van der Waals surface area contributed by atoms with Crippen molar-refractivity contribution < 1.29 is 2.74 Å². The molecule has 4 nitrogen and oxygen atoms in total. The molecule has 0 saturated carbocycles. The molecule has 0 saturated heterocycles. The molecule has 0 amide bonds. The molecule has 13 aromatic carbocycles. The first-order valence-corrected chi connectivity index (χ1v) is 33.9. The highest BCUT2D eigenvalue weighted by atomic mass is 14.9. The van der Waals surface area contributed by atoms with Crippen LogP contribution in [0.25, 0.3) is 121 Å². The summed E-state index contributed by atoms with van der Waals surface area (Å²) >= 11 is 0. The van der Waals surface area contributed by atoms with Gasteiger partial charge in [0.05, 0.1) is 56.4 Å². The first-order valence-electron chi connectivity index (χ1n) is 34.9. The van der Waals surface area contributed by atoms with Crippen molar-refractivity contribution in [3.05, 3.63) is 332 Å². The van der Waals surface area contributed by atoms with E-state index in [9.17, 15) is 13.3 Å². The Morgan fingerprint density at radius 1 is 0.312 bits per heavy atom. The molecule has 4 spiro atoms. The van der Waals surface area contributed by atoms with Gasteiger partial charge in [0.1, 0.15) is 0 Å². The molecule has 0 fully saturated rings. The predicted octanol–water partition coefficient (Wildman–Crippen LogP) is 22.0. The lowest BCUT2D eigenvalue weighted by Gasteiger charge is -2.33. The first-order chi connectivity index (χ1) is 47.8. The molecule has 0 atom stereocenters. The third-order valence-electron chi connectivity index (χ3n) is 24.9. The molecule has 4 aromatic heterocycles. The zero-order valence-corrected chi connectivity index (χ0v) is 53.3. The zero-order valence-electron chi connectivity index (χ0n) is 55.3. The molecule has 17 aromatic rings. The van der Waals surface area contributed by atoms with E-state index in [4.69, 9.17) is 0 Å². The molecule has 4 heteroatoms. The normalized spacial score (nSPS) is 16.6. The van der Waals surface area contributed by atoms with E-state index in [0.29, 0.717) is 24.0 Å². The van der Waals surface area contributed by atoms with Crippen molar-refractivity contribution in [3.8, 4) is 56.6 Å². The summed E-state index contributed by atoms with van der Waals surface area (Å²) in [6.45, 7) is 8.06. The summed E-state index contributed by atoms with van der Waals surface area (Å²) in [4.78, 5) is 0. The first kappa shape index (κ1) is 50.0. The molecular weight excluding hydrogens is 1160 g/mol. The summed E-state index contributed by atoms with van der Waals surface area (Å²) in [5.41, 5.74) is 30.7. The van der Waals surface area contributed by atoms with Crippen LogP contribution < -0.4 is 0 Å². The SMILES string of the molecule is [2H]C(C)(C)c1cc2c3cc4c(cc3n3c5cc(C#N)c6c(c5c(c1)c23)C1(CC62c3ccccc3-c3ccccc32)c2ccccc2-c2ccccc21)c1cc(C([2H])(C)C)cc2c3c5c(c(C#N)cc3n4c12)C1(CC52c3ccccc3-c3ccccc32)c2ccccc2-c2ccccc21. The fourth-order valence-electron chi connectivity index (χ4n) is 21.7. The van der Waals surface area contributed by atoms with Gasteiger partial charge in [0, 0.05) is 67.5 Å². The molecule has 446 valence electrons. The van der Waals surface area contributed by atoms with Gasteiger partial charge in [-0.3, -0.25) is 0 Å². The largest absolute Gasteiger partial charge is 0.308 e. The van der Waals surface area contributed by atoms with Crippen LogP contribution in [0, 0.1) is 22.7 Å². The summed E-state index contributed by atoms with van der Waals surface area (Å²) in [6.07, 6.45) is 1.39. The molecule has 0 N–H and O–H groups in total. The minimum atomic E-state index is -0.999. The Morgan fingerprint density at radius 3 is 0.823 bits per heavy atom. The van der Waals surface area contributed by atoms with E-state index in [-0.39, 0.29) is 0 Å². The van der Waals surface area contributed by atoms with Crippen LogP contribution in [0.4, 0.5) is 0 Å². The second-order valence-corrected chi connectivity index (χ2v) is 29.1. The highest BCUT2D eigenvalue weighted by Gasteiger charge is 2.65. The van der Waals surface area contributed by atoms with Crippen LogP contribution in [-0.4, -0.2) is 8.80 Å². The van der Waals surface area contributed by atoms with Crippen molar-refractivity contribution in [2.45, 2.75) is 74.0 Å². The van der Waals surface area contributed by atoms with Crippen molar-refractivity contribution >= 4 is 76.2 Å². The minimum absolute atomic E-state index is 0.668. The Kier molecular flexibility index (Phi) is 8.87. The van der Waals surface area contributed by atoms with E-state index < -0.39 is 33.4 Å². The van der Waals surface area contributed by atoms with Crippen LogP contribution in [0.3, 0.4) is 0 Å². The molecule has 23 rings (SSSR count). The Bertz CT molecular complexity index is 6170. The monoisotopic (exact) mass is 1220 g/mol. The van der Waals surface area contributed by atoms with Crippen LogP contribution in [0.5, 0.6) is 0 Å². The maximum absolute atomic E-state index is 12.3. The second-order valence-electron chi connectivity index (χ2n) is 29.1. The van der Waals surface area contributed by atoms with Crippen LogP contribution in [0.15, 0.2) is 243 Å². The molecule has 96 heavy (non-hydrogen) atoms. The highest BCUT2D eigenvalue weighted by Crippen LogP contribution is 2.74. The number of hydrogen-bond acceptors (Lipinski definition) is 2. The summed E-state index contributed by atoms with van der Waals surface area (Å²) < 4.78 is 25.1. The van der Waals surface area contributed by atoms with E-state index in [1.165, 1.54) is 100 Å². The van der Waals surface area contributed by atoms with Crippen molar-refractivity contribution in [2.75, 3.05) is 0 Å². The Morgan fingerprint density at radius 2 is 0.562 bits per heavy atom. The lowest BCUT2D eigenvalue weighted by Crippen LogP contribution is -2.30. The van der Waals surface area contributed by atoms with E-state index in [2.05, 4.69) is 264 Å². The summed E-state index contributed by atoms with van der Waals surface area (Å²) in [7, 11) is 0. The topological polar surface area (TPSA) is 56.4 Å². The maximum Gasteiger partial charge on any atom is 0.0995 e. The van der Waals surface area contributed by atoms with Gasteiger partial charge < -0.3 is 8.80 Å². The number of rotatable bonds is 2. The van der Waals surface area contributed by atoms with E-state index in [1.54, 1.807) is 0 Å². The van der Waals surface area contributed by atoms with Gasteiger partial charge in [-0.15, -0.1) is 0 Å². The number of hydrogen-bond donors (Lipinski definition) is 0. The molecule has 6 aliphatic rings. The molecule has 0 bridgehead atoms. The predicted molar refractivity (Wildman–Crippen MR) is 390 cm³/mol. The number of fused-ring (bicyclic) bond motifs is 40. The number of benzene rings is 13. The fourth-order valence-corrected chi connectivity index (χ4v) is 21.7. The van der Waals surface area contributed by atoms with Crippen molar-refractivity contribution in [1.29, 1.82) is 10.5 Å². The molecule has 4 heterocycles. The molecule has 0 radical (unpaired) electrons. The average Bonchev–Trinajstić information content (AvgIpc) is 1.48. The van der Waals surface area contributed by atoms with E-state index >= 15 is 0 Å². The van der Waals surface area contributed by atoms with Gasteiger partial charge in [-0.05, 0) is 196 Å². The summed E-state index contributed by atoms with van der Waals surface area (Å²) in [5.74, 6) is -2.00. The van der Waals surface area contributed by atoms with Gasteiger partial charge in [0.15, 0.2) is 0 Å². The molecule has 0 aliphatic heterocycles. The van der Waals surface area contributed by atoms with Crippen LogP contribution in [-0.2, 0) is 21.7 Å². The lowest BCUT2D eigenvalue weighted by molar-refractivity contribution is 0.515. The van der Waals surface area contributed by atoms with Crippen LogP contribution in [0.2, 0.25) is 0 Å². The van der Waals surface area contributed by atoms with E-state index in [0.717, 1.165) is 98.4 Å². The standard InChI is InChI=1S/C92H58N4/c1-49(2)51-37-65-63-43-78-64(44-77(63)95-79-41-53(45-93)83-85(81(79)67(39-51)87(65)95)91(73-33-17-9-25-59(73)60-26-10-18-34-74(60)91)47-89(83)69-29-13-5-21-55(69)56-22-6-14-30-70(56)89)66-38-52(50(3)4)40-68-82-80(96(78)88(66)68)42-54(46-94)84-86(82)92(75-35-19-11-27-61(75)62-28-12-20-36-76(62)92)48-90(84)71-31-15-7-23-57(71)58-24-8-16-32-72(58)90/h5-44,49-50H,47-48H2,1-4H3/i49D,50D. The van der Waals surface area contributed by atoms with Crippen LogP contribution in [0.1, 0.15) is 144 Å². The zero-order chi connectivity index (χ0) is 65.2. The third kappa shape index (κ3) is 5.46. The van der Waals surface area contributed by atoms with Crippen molar-refractivity contribution in [3.63, 3.8) is 0 Å². The maximum atomic E-state index is 12.3. The van der Waals surface area contributed by atoms with Crippen molar-refractivity contribution in [2.24, 2.45) is 0 Å². The highest BCUT2D eigenvalue weighted by molar-refractivity contribution is 6.31. The smallest absolute Gasteiger partial charge is 0.0995 e. The number of nitriles is 2. The Hall–Kier alpha value is -11.6. The van der Waals surface area contributed by atoms with Gasteiger partial charge in [-0.2, -0.15) is 10.5 Å². The van der Waals surface area contributed by atoms with Gasteiger partial charge >= 0.3 is 0 Å². The summed E-state index contributed by atoms with van der Waals surface area (Å²) in [6, 6.07) is 96.4. The number of nitrogens with zero attached hydrogens (tertiary/aromatic N) is 4. The van der Waals surface area contributed by atoms with Crippen LogP contribution >= 0.6 is 0 Å². The van der Waals surface area contributed by atoms with Gasteiger partial charge in [-0.25, -0.2) is 0 Å². The fraction of sp³-hybridized carbons (Fsp3) is 0.130. The van der Waals surface area contributed by atoms with Gasteiger partial charge in [0.25, 0.3) is 0 Å². The molecule has 0 unspecified atom stereocenters. The Labute approximate surface area is 557 Å². The van der Waals surface area contributed by atoms with Crippen molar-refractivity contribution in [1.82, 2.24) is 8.80 Å². The number of aromatic nitrogens is 2. The molecule has 6 aliphatic carbocycles. The minimum Gasteiger partial charge on any atom is -0.308 e.